The number of hydrogen-bond acceptors (Lipinski definition) is 6. The van der Waals surface area contributed by atoms with E-state index in [-0.39, 0.29) is 22.3 Å². The van der Waals surface area contributed by atoms with Crippen LogP contribution in [0.3, 0.4) is 0 Å². The van der Waals surface area contributed by atoms with Crippen LogP contribution >= 0.6 is 11.6 Å². The maximum atomic E-state index is 13.3. The van der Waals surface area contributed by atoms with Crippen LogP contribution in [-0.4, -0.2) is 30.5 Å². The quantitative estimate of drug-likeness (QED) is 0.242. The summed E-state index contributed by atoms with van der Waals surface area (Å²) in [5, 5.41) is 11.6. The van der Waals surface area contributed by atoms with E-state index in [1.807, 2.05) is 20.8 Å². The van der Waals surface area contributed by atoms with Crippen LogP contribution in [-0.2, 0) is 9.59 Å². The number of nitrogens with zero attached hydrogens (tertiary/aromatic N) is 1. The average molecular weight is 496 g/mol. The molecule has 1 unspecified atom stereocenters. The number of hydrogen-bond donors (Lipinski definition) is 1. The fourth-order valence-corrected chi connectivity index (χ4v) is 4.46. The first-order valence-electron chi connectivity index (χ1n) is 11.2. The van der Waals surface area contributed by atoms with Gasteiger partial charge in [0.05, 0.1) is 30.6 Å². The van der Waals surface area contributed by atoms with E-state index < -0.39 is 17.7 Å². The SMILES string of the molecule is CCOc1ccc(/C(O)=C2/C(=O)C(=O)N(c3ccc(OC)c(Cl)c3)C2c2ccco2)cc1C(C)C. The number of amides is 1. The van der Waals surface area contributed by atoms with Gasteiger partial charge in [-0.3, -0.25) is 14.5 Å². The highest BCUT2D eigenvalue weighted by atomic mass is 35.5. The van der Waals surface area contributed by atoms with E-state index in [1.54, 1.807) is 42.5 Å². The Hall–Kier alpha value is -3.71. The Morgan fingerprint density at radius 1 is 1.14 bits per heavy atom. The second-order valence-electron chi connectivity index (χ2n) is 8.34. The average Bonchev–Trinajstić information content (AvgIpc) is 3.46. The summed E-state index contributed by atoms with van der Waals surface area (Å²) in [6.45, 7) is 6.42. The lowest BCUT2D eigenvalue weighted by molar-refractivity contribution is -0.132. The van der Waals surface area contributed by atoms with Gasteiger partial charge in [0.25, 0.3) is 11.7 Å². The lowest BCUT2D eigenvalue weighted by Gasteiger charge is -2.24. The van der Waals surface area contributed by atoms with Crippen molar-refractivity contribution in [1.29, 1.82) is 0 Å². The van der Waals surface area contributed by atoms with Gasteiger partial charge in [-0.1, -0.05) is 25.4 Å². The highest BCUT2D eigenvalue weighted by Gasteiger charge is 2.48. The van der Waals surface area contributed by atoms with Gasteiger partial charge in [0, 0.05) is 11.3 Å². The minimum absolute atomic E-state index is 0.0734. The molecule has 7 nitrogen and oxygen atoms in total. The topological polar surface area (TPSA) is 89.2 Å². The van der Waals surface area contributed by atoms with Gasteiger partial charge in [-0.2, -0.15) is 0 Å². The highest BCUT2D eigenvalue weighted by Crippen LogP contribution is 2.44. The molecule has 0 saturated carbocycles. The van der Waals surface area contributed by atoms with Gasteiger partial charge in [0.2, 0.25) is 0 Å². The molecule has 0 spiro atoms. The molecule has 1 aliphatic rings. The summed E-state index contributed by atoms with van der Waals surface area (Å²) in [5.41, 5.74) is 1.57. The van der Waals surface area contributed by atoms with Crippen LogP contribution in [0.2, 0.25) is 5.02 Å². The fraction of sp³-hybridized carbons (Fsp3) is 0.259. The molecular weight excluding hydrogens is 470 g/mol. The maximum Gasteiger partial charge on any atom is 0.300 e. The van der Waals surface area contributed by atoms with Gasteiger partial charge in [-0.05, 0) is 66.9 Å². The number of ether oxygens (including phenoxy) is 2. The zero-order chi connectivity index (χ0) is 25.3. The molecule has 4 rings (SSSR count). The normalized spacial score (nSPS) is 17.3. The molecule has 0 radical (unpaired) electrons. The van der Waals surface area contributed by atoms with Crippen LogP contribution in [0.1, 0.15) is 49.6 Å². The van der Waals surface area contributed by atoms with Crippen molar-refractivity contribution < 1.29 is 28.6 Å². The number of Topliss-reactive ketones (excluding diaryl/α,β-unsaturated/α-hetero) is 1. The molecule has 3 aromatic rings. The third kappa shape index (κ3) is 4.39. The number of ketones is 1. The molecular formula is C27H26ClNO6. The van der Waals surface area contributed by atoms with Crippen LogP contribution in [0, 0.1) is 0 Å². The van der Waals surface area contributed by atoms with Crippen molar-refractivity contribution in [1.82, 2.24) is 0 Å². The number of aliphatic hydroxyl groups excluding tert-OH is 1. The van der Waals surface area contributed by atoms with E-state index in [9.17, 15) is 14.7 Å². The van der Waals surface area contributed by atoms with Crippen molar-refractivity contribution in [2.24, 2.45) is 0 Å². The van der Waals surface area contributed by atoms with E-state index in [0.717, 1.165) is 5.56 Å². The molecule has 8 heteroatoms. The minimum Gasteiger partial charge on any atom is -0.507 e. The summed E-state index contributed by atoms with van der Waals surface area (Å²) >= 11 is 6.30. The van der Waals surface area contributed by atoms with Crippen LogP contribution in [0.15, 0.2) is 64.8 Å². The zero-order valence-corrected chi connectivity index (χ0v) is 20.6. The number of halogens is 1. The van der Waals surface area contributed by atoms with Crippen molar-refractivity contribution in [3.63, 3.8) is 0 Å². The Bertz CT molecular complexity index is 1300. The third-order valence-corrected chi connectivity index (χ3v) is 6.17. The van der Waals surface area contributed by atoms with Gasteiger partial charge in [0.1, 0.15) is 29.1 Å². The monoisotopic (exact) mass is 495 g/mol. The van der Waals surface area contributed by atoms with Crippen LogP contribution in [0.5, 0.6) is 11.5 Å². The Balaban J connectivity index is 1.89. The van der Waals surface area contributed by atoms with E-state index >= 15 is 0 Å². The first-order chi connectivity index (χ1) is 16.8. The summed E-state index contributed by atoms with van der Waals surface area (Å²) in [4.78, 5) is 27.8. The molecule has 35 heavy (non-hydrogen) atoms. The van der Waals surface area contributed by atoms with E-state index in [2.05, 4.69) is 0 Å². The molecule has 1 atom stereocenters. The van der Waals surface area contributed by atoms with Crippen LogP contribution in [0.25, 0.3) is 5.76 Å². The van der Waals surface area contributed by atoms with Gasteiger partial charge >= 0.3 is 0 Å². The molecule has 1 fully saturated rings. The summed E-state index contributed by atoms with van der Waals surface area (Å²) in [5.74, 6) is -0.356. The number of methoxy groups -OCH3 is 1. The van der Waals surface area contributed by atoms with E-state index in [4.69, 9.17) is 25.5 Å². The van der Waals surface area contributed by atoms with Gasteiger partial charge in [-0.25, -0.2) is 0 Å². The summed E-state index contributed by atoms with van der Waals surface area (Å²) < 4.78 is 16.5. The number of carbonyl (C=O) groups is 2. The molecule has 1 amide bonds. The zero-order valence-electron chi connectivity index (χ0n) is 19.9. The Labute approximate surface area is 208 Å². The second-order valence-corrected chi connectivity index (χ2v) is 8.75. The molecule has 0 aliphatic carbocycles. The number of anilines is 1. The lowest BCUT2D eigenvalue weighted by atomic mass is 9.95. The predicted molar refractivity (Wildman–Crippen MR) is 133 cm³/mol. The smallest absolute Gasteiger partial charge is 0.300 e. The molecule has 1 aliphatic heterocycles. The van der Waals surface area contributed by atoms with E-state index in [1.165, 1.54) is 24.3 Å². The second kappa shape index (κ2) is 9.88. The minimum atomic E-state index is -0.983. The maximum absolute atomic E-state index is 13.3. The van der Waals surface area contributed by atoms with E-state index in [0.29, 0.717) is 35.1 Å². The van der Waals surface area contributed by atoms with Crippen molar-refractivity contribution >= 4 is 34.7 Å². The Morgan fingerprint density at radius 2 is 1.89 bits per heavy atom. The molecule has 182 valence electrons. The van der Waals surface area contributed by atoms with Crippen molar-refractivity contribution in [2.45, 2.75) is 32.7 Å². The standard InChI is InChI=1S/C27H26ClNO6/c1-5-34-20-10-8-16(13-18(20)15(2)3)25(30)23-24(22-7-6-12-35-22)29(27(32)26(23)31)17-9-11-21(33-4)19(28)14-17/h6-15,24,30H,5H2,1-4H3/b25-23-. The summed E-state index contributed by atoms with van der Waals surface area (Å²) in [6.07, 6.45) is 1.45. The number of benzene rings is 2. The first-order valence-corrected chi connectivity index (χ1v) is 11.6. The largest absolute Gasteiger partial charge is 0.507 e. The summed E-state index contributed by atoms with van der Waals surface area (Å²) in [6, 6.07) is 12.3. The molecule has 2 aromatic carbocycles. The number of aliphatic hydroxyl groups is 1. The molecule has 1 N–H and O–H groups in total. The predicted octanol–water partition coefficient (Wildman–Crippen LogP) is 6.09. The molecule has 1 aromatic heterocycles. The van der Waals surface area contributed by atoms with Gasteiger partial charge < -0.3 is 19.0 Å². The lowest BCUT2D eigenvalue weighted by Crippen LogP contribution is -2.29. The van der Waals surface area contributed by atoms with Gasteiger partial charge in [-0.15, -0.1) is 0 Å². The third-order valence-electron chi connectivity index (χ3n) is 5.88. The van der Waals surface area contributed by atoms with Crippen molar-refractivity contribution in [3.8, 4) is 11.5 Å². The van der Waals surface area contributed by atoms with Crippen LogP contribution < -0.4 is 14.4 Å². The molecule has 2 heterocycles. The Kier molecular flexibility index (Phi) is 6.89. The van der Waals surface area contributed by atoms with Gasteiger partial charge in [0.15, 0.2) is 0 Å². The highest BCUT2D eigenvalue weighted by molar-refractivity contribution is 6.51. The fourth-order valence-electron chi connectivity index (χ4n) is 4.21. The first kappa shape index (κ1) is 24.4. The number of rotatable bonds is 7. The number of furan rings is 1. The van der Waals surface area contributed by atoms with Crippen LogP contribution in [0.4, 0.5) is 5.69 Å². The molecule has 0 bridgehead atoms. The Morgan fingerprint density at radius 3 is 2.49 bits per heavy atom. The number of carbonyl (C=O) groups excluding carboxylic acids is 2. The van der Waals surface area contributed by atoms with Crippen molar-refractivity contribution in [2.75, 3.05) is 18.6 Å². The summed E-state index contributed by atoms with van der Waals surface area (Å²) in [7, 11) is 1.48. The van der Waals surface area contributed by atoms with Crippen molar-refractivity contribution in [3.05, 3.63) is 82.3 Å². The molecule has 1 saturated heterocycles.